The van der Waals surface area contributed by atoms with Gasteiger partial charge in [0.1, 0.15) is 5.60 Å². The predicted molar refractivity (Wildman–Crippen MR) is 62.9 cm³/mol. The lowest BCUT2D eigenvalue weighted by atomic mass is 9.99. The summed E-state index contributed by atoms with van der Waals surface area (Å²) in [5.74, 6) is -1.58. The van der Waals surface area contributed by atoms with Crippen molar-refractivity contribution in [2.75, 3.05) is 13.7 Å². The van der Waals surface area contributed by atoms with Gasteiger partial charge in [0, 0.05) is 6.54 Å². The van der Waals surface area contributed by atoms with E-state index in [-0.39, 0.29) is 6.54 Å². The molecule has 1 amide bonds. The molecule has 1 heterocycles. The van der Waals surface area contributed by atoms with Crippen LogP contribution in [0.4, 0.5) is 18.0 Å². The maximum Gasteiger partial charge on any atom is 0.426 e. The second-order valence-corrected chi connectivity index (χ2v) is 5.25. The Morgan fingerprint density at radius 2 is 1.80 bits per heavy atom. The van der Waals surface area contributed by atoms with Crippen molar-refractivity contribution in [2.24, 2.45) is 0 Å². The van der Waals surface area contributed by atoms with Gasteiger partial charge in [-0.1, -0.05) is 6.08 Å². The van der Waals surface area contributed by atoms with E-state index in [2.05, 4.69) is 4.74 Å². The fraction of sp³-hybridized carbons (Fsp3) is 0.667. The average Bonchev–Trinajstić information content (AvgIpc) is 2.70. The van der Waals surface area contributed by atoms with E-state index in [1.165, 1.54) is 20.8 Å². The molecule has 0 aliphatic carbocycles. The monoisotopic (exact) mass is 295 g/mol. The van der Waals surface area contributed by atoms with Crippen LogP contribution in [0.2, 0.25) is 0 Å². The van der Waals surface area contributed by atoms with Crippen molar-refractivity contribution in [3.63, 3.8) is 0 Å². The van der Waals surface area contributed by atoms with Gasteiger partial charge < -0.3 is 9.47 Å². The summed E-state index contributed by atoms with van der Waals surface area (Å²) in [5, 5.41) is 0. The van der Waals surface area contributed by atoms with E-state index in [1.54, 1.807) is 0 Å². The minimum Gasteiger partial charge on any atom is -0.467 e. The van der Waals surface area contributed by atoms with Crippen molar-refractivity contribution in [3.05, 3.63) is 12.2 Å². The van der Waals surface area contributed by atoms with E-state index in [4.69, 9.17) is 4.74 Å². The standard InChI is InChI=1S/C12H16F3NO4/c1-10(2,3)20-9(18)16-7-5-6-11(16,8(17)19-4)12(13,14)15/h5-6H,7H2,1-4H3. The lowest BCUT2D eigenvalue weighted by molar-refractivity contribution is -0.218. The molecule has 0 saturated carbocycles. The molecule has 114 valence electrons. The number of esters is 1. The fourth-order valence-corrected chi connectivity index (χ4v) is 1.80. The molecule has 0 saturated heterocycles. The van der Waals surface area contributed by atoms with E-state index < -0.39 is 29.4 Å². The number of hydrogen-bond donors (Lipinski definition) is 0. The van der Waals surface area contributed by atoms with Crippen molar-refractivity contribution in [3.8, 4) is 0 Å². The maximum absolute atomic E-state index is 13.3. The number of ether oxygens (including phenoxy) is 2. The largest absolute Gasteiger partial charge is 0.467 e. The van der Waals surface area contributed by atoms with Crippen LogP contribution in [0.5, 0.6) is 0 Å². The highest BCUT2D eigenvalue weighted by Crippen LogP contribution is 2.41. The normalized spacial score (nSPS) is 22.9. The van der Waals surface area contributed by atoms with Crippen LogP contribution in [0, 0.1) is 0 Å². The van der Waals surface area contributed by atoms with Crippen molar-refractivity contribution in [2.45, 2.75) is 38.1 Å². The quantitative estimate of drug-likeness (QED) is 0.550. The number of rotatable bonds is 1. The Labute approximate surface area is 114 Å². The third-order valence-corrected chi connectivity index (χ3v) is 2.62. The van der Waals surface area contributed by atoms with Crippen molar-refractivity contribution in [1.29, 1.82) is 0 Å². The van der Waals surface area contributed by atoms with Gasteiger partial charge in [-0.05, 0) is 26.8 Å². The number of amides is 1. The molecule has 0 aromatic heterocycles. The number of halogens is 3. The zero-order chi connectivity index (χ0) is 15.8. The molecule has 1 rings (SSSR count). The van der Waals surface area contributed by atoms with Gasteiger partial charge >= 0.3 is 18.2 Å². The lowest BCUT2D eigenvalue weighted by Crippen LogP contribution is -2.63. The summed E-state index contributed by atoms with van der Waals surface area (Å²) in [4.78, 5) is 23.8. The van der Waals surface area contributed by atoms with Gasteiger partial charge in [0.15, 0.2) is 0 Å². The number of alkyl halides is 3. The van der Waals surface area contributed by atoms with Gasteiger partial charge in [0.2, 0.25) is 0 Å². The smallest absolute Gasteiger partial charge is 0.426 e. The number of nitrogens with zero attached hydrogens (tertiary/aromatic N) is 1. The predicted octanol–water partition coefficient (Wildman–Crippen LogP) is 2.27. The Bertz CT molecular complexity index is 439. The molecule has 1 unspecified atom stereocenters. The number of hydrogen-bond acceptors (Lipinski definition) is 4. The SMILES string of the molecule is COC(=O)C1(C(F)(F)F)C=CCN1C(=O)OC(C)(C)C. The Hall–Kier alpha value is -1.73. The Morgan fingerprint density at radius 3 is 2.20 bits per heavy atom. The molecule has 20 heavy (non-hydrogen) atoms. The maximum atomic E-state index is 13.3. The molecule has 0 spiro atoms. The van der Waals surface area contributed by atoms with Crippen LogP contribution in [0.15, 0.2) is 12.2 Å². The average molecular weight is 295 g/mol. The highest BCUT2D eigenvalue weighted by molar-refractivity contribution is 5.90. The van der Waals surface area contributed by atoms with E-state index >= 15 is 0 Å². The van der Waals surface area contributed by atoms with Crippen LogP contribution < -0.4 is 0 Å². The van der Waals surface area contributed by atoms with Crippen LogP contribution in [-0.4, -0.2) is 47.9 Å². The zero-order valence-corrected chi connectivity index (χ0v) is 11.6. The van der Waals surface area contributed by atoms with Crippen LogP contribution in [-0.2, 0) is 14.3 Å². The van der Waals surface area contributed by atoms with Crippen molar-refractivity contribution < 1.29 is 32.2 Å². The summed E-state index contributed by atoms with van der Waals surface area (Å²) in [6, 6.07) is 0. The summed E-state index contributed by atoms with van der Waals surface area (Å²) in [6.45, 7) is 4.16. The molecule has 0 N–H and O–H groups in total. The van der Waals surface area contributed by atoms with E-state index in [0.29, 0.717) is 11.0 Å². The highest BCUT2D eigenvalue weighted by atomic mass is 19.4. The molecule has 5 nitrogen and oxygen atoms in total. The Morgan fingerprint density at radius 1 is 1.25 bits per heavy atom. The van der Waals surface area contributed by atoms with Gasteiger partial charge in [0.05, 0.1) is 7.11 Å². The van der Waals surface area contributed by atoms with Crippen LogP contribution >= 0.6 is 0 Å². The minimum absolute atomic E-state index is 0.310. The first kappa shape index (κ1) is 16.3. The first-order chi connectivity index (χ1) is 8.95. The second kappa shape index (κ2) is 4.99. The van der Waals surface area contributed by atoms with Crippen molar-refractivity contribution >= 4 is 12.1 Å². The van der Waals surface area contributed by atoms with Crippen LogP contribution in [0.1, 0.15) is 20.8 Å². The topological polar surface area (TPSA) is 55.8 Å². The van der Waals surface area contributed by atoms with E-state index in [1.807, 2.05) is 0 Å². The number of carbonyl (C=O) groups is 2. The first-order valence-corrected chi connectivity index (χ1v) is 5.79. The van der Waals surface area contributed by atoms with Gasteiger partial charge in [0.25, 0.3) is 5.54 Å². The third kappa shape index (κ3) is 2.73. The van der Waals surface area contributed by atoms with Gasteiger partial charge in [-0.2, -0.15) is 13.2 Å². The van der Waals surface area contributed by atoms with Crippen LogP contribution in [0.25, 0.3) is 0 Å². The molecule has 1 atom stereocenters. The number of carbonyl (C=O) groups excluding carboxylic acids is 2. The number of methoxy groups -OCH3 is 1. The van der Waals surface area contributed by atoms with Gasteiger partial charge in [-0.15, -0.1) is 0 Å². The first-order valence-electron chi connectivity index (χ1n) is 5.79. The lowest BCUT2D eigenvalue weighted by Gasteiger charge is -2.37. The summed E-state index contributed by atoms with van der Waals surface area (Å²) in [6.07, 6.45) is -4.55. The fourth-order valence-electron chi connectivity index (χ4n) is 1.80. The van der Waals surface area contributed by atoms with Gasteiger partial charge in [-0.3, -0.25) is 4.90 Å². The molecular formula is C12H16F3NO4. The minimum atomic E-state index is -5.01. The molecule has 0 bridgehead atoms. The van der Waals surface area contributed by atoms with E-state index in [0.717, 1.165) is 13.2 Å². The van der Waals surface area contributed by atoms with Crippen LogP contribution in [0.3, 0.4) is 0 Å². The molecule has 1 aliphatic heterocycles. The highest BCUT2D eigenvalue weighted by Gasteiger charge is 2.67. The Balaban J connectivity index is 3.20. The molecule has 0 aromatic rings. The molecule has 0 fully saturated rings. The molecular weight excluding hydrogens is 279 g/mol. The third-order valence-electron chi connectivity index (χ3n) is 2.62. The molecule has 0 radical (unpaired) electrons. The molecule has 0 aromatic carbocycles. The summed E-state index contributed by atoms with van der Waals surface area (Å²) < 4.78 is 49.0. The molecule has 8 heteroatoms. The Kier molecular flexibility index (Phi) is 4.07. The molecule has 1 aliphatic rings. The van der Waals surface area contributed by atoms with E-state index in [9.17, 15) is 22.8 Å². The summed E-state index contributed by atoms with van der Waals surface area (Å²) in [5.41, 5.74) is -4.11. The van der Waals surface area contributed by atoms with Gasteiger partial charge in [-0.25, -0.2) is 9.59 Å². The second-order valence-electron chi connectivity index (χ2n) is 5.25. The van der Waals surface area contributed by atoms with Crippen molar-refractivity contribution in [1.82, 2.24) is 4.90 Å². The summed E-state index contributed by atoms with van der Waals surface area (Å²) >= 11 is 0. The summed E-state index contributed by atoms with van der Waals surface area (Å²) in [7, 11) is 0.829. The zero-order valence-electron chi connectivity index (χ0n) is 11.6.